The molecule has 1 aliphatic rings. The number of ether oxygens (including phenoxy) is 2. The van der Waals surface area contributed by atoms with E-state index in [1.54, 1.807) is 25.3 Å². The van der Waals surface area contributed by atoms with Gasteiger partial charge in [-0.2, -0.15) is 0 Å². The summed E-state index contributed by atoms with van der Waals surface area (Å²) in [5.74, 6) is -0.427. The van der Waals surface area contributed by atoms with Gasteiger partial charge in [0.2, 0.25) is 0 Å². The maximum absolute atomic E-state index is 14.6. The molecule has 2 amide bonds. The minimum absolute atomic E-state index is 0.0810. The van der Waals surface area contributed by atoms with Gasteiger partial charge in [-0.05, 0) is 49.7 Å². The Balaban J connectivity index is 1.67. The lowest BCUT2D eigenvalue weighted by molar-refractivity contribution is 0.0445. The van der Waals surface area contributed by atoms with E-state index in [1.807, 2.05) is 13.0 Å². The zero-order chi connectivity index (χ0) is 25.3. The number of nitrogens with one attached hydrogen (secondary N) is 1. The van der Waals surface area contributed by atoms with Crippen molar-refractivity contribution in [2.24, 2.45) is 0 Å². The molecule has 1 aromatic heterocycles. The number of aryl methyl sites for hydroxylation is 1. The van der Waals surface area contributed by atoms with Gasteiger partial charge in [0.05, 0.1) is 12.2 Å². The Morgan fingerprint density at radius 1 is 1.23 bits per heavy atom. The highest BCUT2D eigenvalue weighted by Crippen LogP contribution is 2.43. The summed E-state index contributed by atoms with van der Waals surface area (Å²) in [7, 11) is 3.08. The quantitative estimate of drug-likeness (QED) is 0.555. The molecule has 1 unspecified atom stereocenters. The van der Waals surface area contributed by atoms with Crippen LogP contribution in [0.3, 0.4) is 0 Å². The van der Waals surface area contributed by atoms with Crippen LogP contribution in [-0.4, -0.2) is 53.1 Å². The molecule has 35 heavy (non-hydrogen) atoms. The SMILES string of the molecule is Cc1ccc(NC(=O)c2cc(Oc3ccc(C(=O)N(C)C)c(F)c3)c3c(c2)OC(C)(CO)C3)nc1. The largest absolute Gasteiger partial charge is 0.484 e. The third-order valence-electron chi connectivity index (χ3n) is 5.63. The Morgan fingerprint density at radius 2 is 2.00 bits per heavy atom. The molecule has 2 N–H and O–H groups in total. The lowest BCUT2D eigenvalue weighted by Gasteiger charge is -2.20. The van der Waals surface area contributed by atoms with Crippen LogP contribution in [0, 0.1) is 12.7 Å². The molecule has 182 valence electrons. The van der Waals surface area contributed by atoms with Crippen molar-refractivity contribution in [2.45, 2.75) is 25.9 Å². The molecule has 0 bridgehead atoms. The van der Waals surface area contributed by atoms with E-state index in [0.29, 0.717) is 23.6 Å². The number of aliphatic hydroxyl groups is 1. The van der Waals surface area contributed by atoms with Gasteiger partial charge in [0.15, 0.2) is 0 Å². The van der Waals surface area contributed by atoms with Crippen molar-refractivity contribution < 1.29 is 28.6 Å². The zero-order valence-corrected chi connectivity index (χ0v) is 19.9. The van der Waals surface area contributed by atoms with Crippen LogP contribution in [0.5, 0.6) is 17.2 Å². The molecule has 0 radical (unpaired) electrons. The number of carbonyl (C=O) groups is 2. The first kappa shape index (κ1) is 24.2. The highest BCUT2D eigenvalue weighted by atomic mass is 19.1. The number of fused-ring (bicyclic) bond motifs is 1. The van der Waals surface area contributed by atoms with Gasteiger partial charge in [0.1, 0.15) is 34.5 Å². The fourth-order valence-corrected chi connectivity index (χ4v) is 3.70. The molecule has 3 aromatic rings. The lowest BCUT2D eigenvalue weighted by Crippen LogP contribution is -2.34. The number of anilines is 1. The molecule has 0 aliphatic carbocycles. The Kier molecular flexibility index (Phi) is 6.45. The maximum atomic E-state index is 14.6. The van der Waals surface area contributed by atoms with Crippen molar-refractivity contribution >= 4 is 17.6 Å². The summed E-state index contributed by atoms with van der Waals surface area (Å²) >= 11 is 0. The first-order valence-electron chi connectivity index (χ1n) is 11.0. The van der Waals surface area contributed by atoms with Crippen molar-refractivity contribution in [3.05, 3.63) is 76.7 Å². The summed E-state index contributed by atoms with van der Waals surface area (Å²) in [6.07, 6.45) is 1.97. The number of amides is 2. The molecular formula is C26H26FN3O5. The minimum atomic E-state index is -0.888. The van der Waals surface area contributed by atoms with Crippen molar-refractivity contribution in [3.8, 4) is 17.2 Å². The van der Waals surface area contributed by atoms with Gasteiger partial charge in [-0.15, -0.1) is 0 Å². The van der Waals surface area contributed by atoms with Gasteiger partial charge >= 0.3 is 0 Å². The summed E-state index contributed by atoms with van der Waals surface area (Å²) in [6, 6.07) is 10.6. The third-order valence-corrected chi connectivity index (χ3v) is 5.63. The van der Waals surface area contributed by atoms with Crippen LogP contribution in [0.2, 0.25) is 0 Å². The Bertz CT molecular complexity index is 1290. The second-order valence-electron chi connectivity index (χ2n) is 8.96. The fourth-order valence-electron chi connectivity index (χ4n) is 3.70. The topological polar surface area (TPSA) is 101 Å². The Labute approximate surface area is 202 Å². The van der Waals surface area contributed by atoms with E-state index in [0.717, 1.165) is 11.6 Å². The van der Waals surface area contributed by atoms with Crippen LogP contribution in [0.25, 0.3) is 0 Å². The van der Waals surface area contributed by atoms with E-state index in [2.05, 4.69) is 10.3 Å². The number of benzene rings is 2. The predicted molar refractivity (Wildman–Crippen MR) is 128 cm³/mol. The van der Waals surface area contributed by atoms with Crippen LogP contribution in [0.15, 0.2) is 48.7 Å². The van der Waals surface area contributed by atoms with Crippen LogP contribution in [0.1, 0.15) is 38.8 Å². The molecule has 0 saturated carbocycles. The molecule has 2 aromatic carbocycles. The summed E-state index contributed by atoms with van der Waals surface area (Å²) in [5.41, 5.74) is 0.867. The highest BCUT2D eigenvalue weighted by Gasteiger charge is 2.37. The van der Waals surface area contributed by atoms with Crippen LogP contribution in [-0.2, 0) is 6.42 Å². The van der Waals surface area contributed by atoms with Gasteiger partial charge in [0, 0.05) is 43.9 Å². The maximum Gasteiger partial charge on any atom is 0.257 e. The number of nitrogens with zero attached hydrogens (tertiary/aromatic N) is 2. The molecule has 1 aliphatic heterocycles. The summed E-state index contributed by atoms with van der Waals surface area (Å²) in [6.45, 7) is 3.39. The summed E-state index contributed by atoms with van der Waals surface area (Å²) in [4.78, 5) is 30.6. The molecule has 2 heterocycles. The van der Waals surface area contributed by atoms with Crippen molar-refractivity contribution in [1.82, 2.24) is 9.88 Å². The summed E-state index contributed by atoms with van der Waals surface area (Å²) in [5, 5.41) is 12.5. The molecule has 0 spiro atoms. The molecular weight excluding hydrogens is 453 g/mol. The zero-order valence-electron chi connectivity index (χ0n) is 19.9. The third kappa shape index (κ3) is 5.09. The van der Waals surface area contributed by atoms with Crippen LogP contribution >= 0.6 is 0 Å². The van der Waals surface area contributed by atoms with Gasteiger partial charge in [-0.3, -0.25) is 9.59 Å². The molecule has 4 rings (SSSR count). The normalized spacial score (nSPS) is 16.3. The highest BCUT2D eigenvalue weighted by molar-refractivity contribution is 6.04. The number of pyridine rings is 1. The van der Waals surface area contributed by atoms with E-state index in [9.17, 15) is 19.1 Å². The van der Waals surface area contributed by atoms with Crippen molar-refractivity contribution in [1.29, 1.82) is 0 Å². The predicted octanol–water partition coefficient (Wildman–Crippen LogP) is 3.96. The second kappa shape index (κ2) is 9.34. The number of aliphatic hydroxyl groups excluding tert-OH is 1. The Hall–Kier alpha value is -3.98. The van der Waals surface area contributed by atoms with Gasteiger partial charge in [-0.1, -0.05) is 6.07 Å². The molecule has 8 nitrogen and oxygen atoms in total. The number of hydrogen-bond acceptors (Lipinski definition) is 6. The second-order valence-corrected chi connectivity index (χ2v) is 8.96. The monoisotopic (exact) mass is 479 g/mol. The average molecular weight is 480 g/mol. The van der Waals surface area contributed by atoms with Gasteiger partial charge in [-0.25, -0.2) is 9.37 Å². The van der Waals surface area contributed by atoms with E-state index in [-0.39, 0.29) is 29.2 Å². The van der Waals surface area contributed by atoms with Crippen molar-refractivity contribution in [3.63, 3.8) is 0 Å². The smallest absolute Gasteiger partial charge is 0.257 e. The molecule has 0 saturated heterocycles. The van der Waals surface area contributed by atoms with E-state index >= 15 is 0 Å². The van der Waals surface area contributed by atoms with E-state index in [1.165, 1.54) is 37.2 Å². The lowest BCUT2D eigenvalue weighted by atomic mass is 9.98. The molecule has 1 atom stereocenters. The van der Waals surface area contributed by atoms with E-state index < -0.39 is 23.2 Å². The standard InChI is InChI=1S/C26H26FN3O5/c1-15-5-8-23(28-13-15)29-24(32)16-9-21(19-12-26(2,14-31)35-22(19)10-16)34-17-6-7-18(20(27)11-17)25(33)30(3)4/h5-11,13,31H,12,14H2,1-4H3,(H,28,29,32). The number of halogens is 1. The summed E-state index contributed by atoms with van der Waals surface area (Å²) < 4.78 is 26.5. The van der Waals surface area contributed by atoms with Gasteiger partial charge < -0.3 is 24.8 Å². The van der Waals surface area contributed by atoms with Crippen LogP contribution < -0.4 is 14.8 Å². The van der Waals surface area contributed by atoms with Crippen LogP contribution in [0.4, 0.5) is 10.2 Å². The number of hydrogen-bond donors (Lipinski definition) is 2. The fraction of sp³-hybridized carbons (Fsp3) is 0.269. The van der Waals surface area contributed by atoms with E-state index in [4.69, 9.17) is 9.47 Å². The average Bonchev–Trinajstić information content (AvgIpc) is 3.17. The van der Waals surface area contributed by atoms with Gasteiger partial charge in [0.25, 0.3) is 11.8 Å². The number of aromatic nitrogens is 1. The first-order valence-corrected chi connectivity index (χ1v) is 11.0. The minimum Gasteiger partial charge on any atom is -0.484 e. The number of carbonyl (C=O) groups excluding carboxylic acids is 2. The first-order chi connectivity index (χ1) is 16.6. The Morgan fingerprint density at radius 3 is 2.63 bits per heavy atom. The molecule has 9 heteroatoms. The number of rotatable bonds is 6. The van der Waals surface area contributed by atoms with Crippen molar-refractivity contribution in [2.75, 3.05) is 26.0 Å². The molecule has 0 fully saturated rings.